The van der Waals surface area contributed by atoms with E-state index in [9.17, 15) is 4.79 Å². The molecule has 4 N–H and O–H groups in total. The van der Waals surface area contributed by atoms with Crippen LogP contribution in [0.3, 0.4) is 0 Å². The quantitative estimate of drug-likeness (QED) is 0.438. The van der Waals surface area contributed by atoms with Gasteiger partial charge in [0.15, 0.2) is 5.65 Å². The van der Waals surface area contributed by atoms with E-state index in [1.165, 1.54) is 18.5 Å². The van der Waals surface area contributed by atoms with Crippen molar-refractivity contribution < 1.29 is 4.79 Å². The van der Waals surface area contributed by atoms with Crippen molar-refractivity contribution in [2.45, 2.75) is 0 Å². The fourth-order valence-corrected chi connectivity index (χ4v) is 3.06. The lowest BCUT2D eigenvalue weighted by molar-refractivity contribution is 0.262. The van der Waals surface area contributed by atoms with E-state index < -0.39 is 6.03 Å². The number of nitrogens with zero attached hydrogens (tertiary/aromatic N) is 5. The van der Waals surface area contributed by atoms with Gasteiger partial charge in [-0.2, -0.15) is 5.10 Å². The summed E-state index contributed by atoms with van der Waals surface area (Å²) >= 11 is 11.7. The molecule has 0 saturated heterocycles. The molecule has 1 aromatic carbocycles. The van der Waals surface area contributed by atoms with Gasteiger partial charge in [0.1, 0.15) is 22.5 Å². The molecular weight excluding hydrogens is 403 g/mol. The molecule has 3 aromatic heterocycles. The van der Waals surface area contributed by atoms with Crippen LogP contribution in [0, 0.1) is 0 Å². The molecule has 0 unspecified atom stereocenters. The molecule has 0 aliphatic rings. The minimum atomic E-state index is -0.465. The van der Waals surface area contributed by atoms with Crippen LogP contribution in [0.1, 0.15) is 0 Å². The van der Waals surface area contributed by atoms with Gasteiger partial charge in [0, 0.05) is 11.4 Å². The largest absolute Gasteiger partial charge is 0.383 e. The van der Waals surface area contributed by atoms with Crippen molar-refractivity contribution in [1.29, 1.82) is 0 Å². The van der Waals surface area contributed by atoms with E-state index in [1.54, 1.807) is 29.1 Å². The van der Waals surface area contributed by atoms with Crippen LogP contribution in [0.2, 0.25) is 10.3 Å². The molecule has 0 spiro atoms. The summed E-state index contributed by atoms with van der Waals surface area (Å²) in [4.78, 5) is 24.3. The van der Waals surface area contributed by atoms with E-state index in [1.807, 2.05) is 6.07 Å². The predicted octanol–water partition coefficient (Wildman–Crippen LogP) is 3.74. The molecule has 0 atom stereocenters. The van der Waals surface area contributed by atoms with Gasteiger partial charge in [0.05, 0.1) is 17.3 Å². The molecule has 0 aliphatic carbocycles. The maximum absolute atomic E-state index is 12.3. The number of benzene rings is 1. The number of nitrogen functional groups attached to an aromatic ring is 1. The second-order valence-electron chi connectivity index (χ2n) is 5.68. The Kier molecular flexibility index (Phi) is 4.68. The van der Waals surface area contributed by atoms with Gasteiger partial charge in [-0.05, 0) is 30.3 Å². The minimum absolute atomic E-state index is 0.177. The van der Waals surface area contributed by atoms with E-state index in [-0.39, 0.29) is 10.3 Å². The lowest BCUT2D eigenvalue weighted by Gasteiger charge is -2.10. The lowest BCUT2D eigenvalue weighted by atomic mass is 10.2. The average molecular weight is 415 g/mol. The summed E-state index contributed by atoms with van der Waals surface area (Å²) in [5.41, 5.74) is 8.07. The molecule has 3 heterocycles. The smallest absolute Gasteiger partial charge is 0.323 e. The van der Waals surface area contributed by atoms with Gasteiger partial charge in [0.25, 0.3) is 0 Å². The number of pyridine rings is 1. The first-order valence-electron chi connectivity index (χ1n) is 7.95. The summed E-state index contributed by atoms with van der Waals surface area (Å²) in [7, 11) is 0. The van der Waals surface area contributed by atoms with Crippen molar-refractivity contribution in [3.63, 3.8) is 0 Å². The summed E-state index contributed by atoms with van der Waals surface area (Å²) in [6.45, 7) is 0. The molecule has 4 rings (SSSR count). The number of carbonyl (C=O) groups excluding carboxylic acids is 1. The monoisotopic (exact) mass is 414 g/mol. The third kappa shape index (κ3) is 3.66. The third-order valence-corrected chi connectivity index (χ3v) is 4.15. The summed E-state index contributed by atoms with van der Waals surface area (Å²) in [6, 6.07) is 9.61. The first-order chi connectivity index (χ1) is 13.5. The van der Waals surface area contributed by atoms with Crippen molar-refractivity contribution >= 4 is 57.5 Å². The van der Waals surface area contributed by atoms with E-state index >= 15 is 0 Å². The van der Waals surface area contributed by atoms with Crippen LogP contribution in [0.5, 0.6) is 0 Å². The summed E-state index contributed by atoms with van der Waals surface area (Å²) < 4.78 is 1.61. The number of nitrogens with two attached hydrogens (primary N) is 1. The van der Waals surface area contributed by atoms with Crippen molar-refractivity contribution in [1.82, 2.24) is 24.7 Å². The van der Waals surface area contributed by atoms with Gasteiger partial charge in [-0.1, -0.05) is 29.3 Å². The zero-order valence-corrected chi connectivity index (χ0v) is 15.6. The topological polar surface area (TPSA) is 124 Å². The summed E-state index contributed by atoms with van der Waals surface area (Å²) in [5.74, 6) is 0.347. The lowest BCUT2D eigenvalue weighted by Crippen LogP contribution is -2.19. The Morgan fingerprint density at radius 2 is 1.79 bits per heavy atom. The number of aromatic nitrogens is 5. The minimum Gasteiger partial charge on any atom is -0.383 e. The van der Waals surface area contributed by atoms with Gasteiger partial charge in [-0.3, -0.25) is 0 Å². The number of halogens is 2. The van der Waals surface area contributed by atoms with Gasteiger partial charge >= 0.3 is 6.03 Å². The van der Waals surface area contributed by atoms with E-state index in [0.29, 0.717) is 33.9 Å². The Balaban J connectivity index is 1.57. The van der Waals surface area contributed by atoms with Gasteiger partial charge in [0.2, 0.25) is 0 Å². The summed E-state index contributed by atoms with van der Waals surface area (Å²) in [6.07, 6.45) is 2.96. The molecule has 4 aromatic rings. The maximum atomic E-state index is 12.3. The van der Waals surface area contributed by atoms with Crippen molar-refractivity contribution in [2.24, 2.45) is 0 Å². The molecule has 9 nitrogen and oxygen atoms in total. The Hall–Kier alpha value is -3.43. The SMILES string of the molecule is Nc1ncnc2c1cnn2-c1cccc(NC(=O)Nc2cc(Cl)nc(Cl)c2)c1. The number of fused-ring (bicyclic) bond motifs is 1. The molecule has 0 saturated carbocycles. The predicted molar refractivity (Wildman–Crippen MR) is 108 cm³/mol. The molecule has 2 amide bonds. The van der Waals surface area contributed by atoms with Crippen LogP contribution in [0.4, 0.5) is 22.0 Å². The molecule has 28 heavy (non-hydrogen) atoms. The maximum Gasteiger partial charge on any atom is 0.323 e. The highest BCUT2D eigenvalue weighted by Gasteiger charge is 2.11. The number of carbonyl (C=O) groups is 1. The Morgan fingerprint density at radius 1 is 1.04 bits per heavy atom. The molecule has 0 radical (unpaired) electrons. The van der Waals surface area contributed by atoms with Crippen LogP contribution in [0.25, 0.3) is 16.7 Å². The van der Waals surface area contributed by atoms with Gasteiger partial charge < -0.3 is 16.4 Å². The van der Waals surface area contributed by atoms with Crippen molar-refractivity contribution in [3.8, 4) is 5.69 Å². The van der Waals surface area contributed by atoms with Gasteiger partial charge in [-0.15, -0.1) is 0 Å². The number of hydrogen-bond donors (Lipinski definition) is 3. The second kappa shape index (κ2) is 7.29. The van der Waals surface area contributed by atoms with Crippen molar-refractivity contribution in [3.05, 3.63) is 59.2 Å². The Bertz CT molecular complexity index is 1170. The number of hydrogen-bond acceptors (Lipinski definition) is 6. The first kappa shape index (κ1) is 18.0. The van der Waals surface area contributed by atoms with Crippen LogP contribution in [0.15, 0.2) is 48.9 Å². The normalized spacial score (nSPS) is 10.8. The van der Waals surface area contributed by atoms with E-state index in [4.69, 9.17) is 28.9 Å². The van der Waals surface area contributed by atoms with E-state index in [0.717, 1.165) is 0 Å². The molecule has 11 heteroatoms. The van der Waals surface area contributed by atoms with Crippen molar-refractivity contribution in [2.75, 3.05) is 16.4 Å². The first-order valence-corrected chi connectivity index (χ1v) is 8.71. The van der Waals surface area contributed by atoms with Crippen LogP contribution in [-0.2, 0) is 0 Å². The number of rotatable bonds is 3. The number of amides is 2. The van der Waals surface area contributed by atoms with E-state index in [2.05, 4.69) is 30.7 Å². The highest BCUT2D eigenvalue weighted by molar-refractivity contribution is 6.33. The highest BCUT2D eigenvalue weighted by Crippen LogP contribution is 2.22. The van der Waals surface area contributed by atoms with Crippen LogP contribution >= 0.6 is 23.2 Å². The second-order valence-corrected chi connectivity index (χ2v) is 6.46. The highest BCUT2D eigenvalue weighted by atomic mass is 35.5. The van der Waals surface area contributed by atoms with Gasteiger partial charge in [-0.25, -0.2) is 24.4 Å². The number of urea groups is 1. The summed E-state index contributed by atoms with van der Waals surface area (Å²) in [5, 5.41) is 10.7. The molecular formula is C17H12Cl2N8O. The third-order valence-electron chi connectivity index (χ3n) is 3.77. The zero-order valence-electron chi connectivity index (χ0n) is 14.1. The Labute approximate surface area is 168 Å². The zero-order chi connectivity index (χ0) is 19.7. The fourth-order valence-electron chi connectivity index (χ4n) is 2.60. The number of anilines is 3. The Morgan fingerprint density at radius 3 is 2.57 bits per heavy atom. The molecule has 140 valence electrons. The number of nitrogens with one attached hydrogen (secondary N) is 2. The molecule has 0 bridgehead atoms. The fraction of sp³-hybridized carbons (Fsp3) is 0. The molecule has 0 fully saturated rings. The van der Waals surface area contributed by atoms with Crippen LogP contribution in [-0.4, -0.2) is 30.8 Å². The average Bonchev–Trinajstić information content (AvgIpc) is 3.06. The van der Waals surface area contributed by atoms with Crippen LogP contribution < -0.4 is 16.4 Å². The molecule has 0 aliphatic heterocycles. The standard InChI is InChI=1S/C17H12Cl2N8O/c18-13-5-10(6-14(19)26-13)25-17(28)24-9-2-1-3-11(4-9)27-16-12(7-23-27)15(20)21-8-22-16/h1-8H,(H2,20,21,22)(H2,24,25,26,28).